The molecule has 1 aliphatic rings. The number of nitrogens with zero attached hydrogens (tertiary/aromatic N) is 3. The number of hydrogen-bond donors (Lipinski definition) is 0. The molecule has 2 aromatic heterocycles. The molecule has 1 saturated heterocycles. The molecule has 0 aromatic carbocycles. The minimum absolute atomic E-state index is 0.760. The van der Waals surface area contributed by atoms with Crippen LogP contribution in [0.5, 0.6) is 0 Å². The zero-order valence-electron chi connectivity index (χ0n) is 9.37. The average molecular weight is 247 g/mol. The predicted molar refractivity (Wildman–Crippen MR) is 68.4 cm³/mol. The molecule has 88 valence electrons. The summed E-state index contributed by atoms with van der Waals surface area (Å²) in [7, 11) is 0. The lowest BCUT2D eigenvalue weighted by atomic mass is 10.3. The highest BCUT2D eigenvalue weighted by Crippen LogP contribution is 2.23. The first-order valence-electron chi connectivity index (χ1n) is 5.62. The van der Waals surface area contributed by atoms with Gasteiger partial charge in [0.1, 0.15) is 0 Å². The third kappa shape index (κ3) is 2.30. The summed E-state index contributed by atoms with van der Waals surface area (Å²) in [4.78, 5) is 12.2. The Hall–Kier alpha value is -1.46. The van der Waals surface area contributed by atoms with Crippen molar-refractivity contribution in [2.75, 3.05) is 31.2 Å². The molecule has 0 unspecified atom stereocenters. The number of aromatic nitrogens is 2. The van der Waals surface area contributed by atoms with Gasteiger partial charge >= 0.3 is 0 Å². The number of ether oxygens (including phenoxy) is 1. The predicted octanol–water partition coefficient (Wildman–Crippen LogP) is 2.04. The van der Waals surface area contributed by atoms with Crippen LogP contribution in [0.25, 0.3) is 10.4 Å². The number of hydrogen-bond acceptors (Lipinski definition) is 5. The molecule has 5 heteroatoms. The van der Waals surface area contributed by atoms with E-state index in [1.54, 1.807) is 11.3 Å². The Labute approximate surface area is 104 Å². The van der Waals surface area contributed by atoms with Gasteiger partial charge in [0.2, 0.25) is 5.95 Å². The quantitative estimate of drug-likeness (QED) is 0.814. The molecule has 0 amide bonds. The average Bonchev–Trinajstić information content (AvgIpc) is 2.94. The lowest BCUT2D eigenvalue weighted by molar-refractivity contribution is 0.122. The fourth-order valence-electron chi connectivity index (χ4n) is 1.82. The molecule has 3 heterocycles. The van der Waals surface area contributed by atoms with Crippen LogP contribution in [0.2, 0.25) is 0 Å². The Bertz CT molecular complexity index is 463. The van der Waals surface area contributed by atoms with Crippen molar-refractivity contribution in [1.82, 2.24) is 9.97 Å². The van der Waals surface area contributed by atoms with Crippen molar-refractivity contribution in [3.05, 3.63) is 29.9 Å². The highest BCUT2D eigenvalue weighted by atomic mass is 32.1. The number of rotatable bonds is 2. The van der Waals surface area contributed by atoms with Gasteiger partial charge in [0.05, 0.1) is 13.2 Å². The largest absolute Gasteiger partial charge is 0.378 e. The summed E-state index contributed by atoms with van der Waals surface area (Å²) in [6, 6.07) is 4.12. The molecule has 0 N–H and O–H groups in total. The second-order valence-electron chi connectivity index (χ2n) is 3.85. The van der Waals surface area contributed by atoms with Gasteiger partial charge in [-0.25, -0.2) is 9.97 Å². The molecule has 0 aliphatic carbocycles. The summed E-state index contributed by atoms with van der Waals surface area (Å²) in [5.74, 6) is 0.800. The molecule has 17 heavy (non-hydrogen) atoms. The van der Waals surface area contributed by atoms with Crippen LogP contribution in [0.4, 0.5) is 5.95 Å². The standard InChI is InChI=1S/C12H13N3OS/c1-2-11(17-7-1)10-8-13-12(14-9-10)15-3-5-16-6-4-15/h1-2,7-9H,3-6H2. The minimum Gasteiger partial charge on any atom is -0.378 e. The van der Waals surface area contributed by atoms with Gasteiger partial charge in [-0.1, -0.05) is 6.07 Å². The van der Waals surface area contributed by atoms with Crippen LogP contribution < -0.4 is 4.90 Å². The highest BCUT2D eigenvalue weighted by Gasteiger charge is 2.13. The molecule has 3 rings (SSSR count). The maximum Gasteiger partial charge on any atom is 0.225 e. The summed E-state index contributed by atoms with van der Waals surface area (Å²) in [5.41, 5.74) is 1.08. The number of anilines is 1. The van der Waals surface area contributed by atoms with Crippen LogP contribution in [0.1, 0.15) is 0 Å². The Morgan fingerprint density at radius 3 is 2.59 bits per heavy atom. The fraction of sp³-hybridized carbons (Fsp3) is 0.333. The van der Waals surface area contributed by atoms with Crippen molar-refractivity contribution in [2.24, 2.45) is 0 Å². The maximum atomic E-state index is 5.31. The van der Waals surface area contributed by atoms with Gasteiger partial charge < -0.3 is 9.64 Å². The number of morpholine rings is 1. The second-order valence-corrected chi connectivity index (χ2v) is 4.80. The molecule has 2 aromatic rings. The van der Waals surface area contributed by atoms with Crippen LogP contribution in [0.15, 0.2) is 29.9 Å². The van der Waals surface area contributed by atoms with Crippen LogP contribution in [-0.2, 0) is 4.74 Å². The van der Waals surface area contributed by atoms with E-state index in [9.17, 15) is 0 Å². The Morgan fingerprint density at radius 1 is 1.18 bits per heavy atom. The summed E-state index contributed by atoms with van der Waals surface area (Å²) in [6.07, 6.45) is 3.78. The first-order valence-corrected chi connectivity index (χ1v) is 6.50. The van der Waals surface area contributed by atoms with Gasteiger partial charge in [0.15, 0.2) is 0 Å². The molecule has 4 nitrogen and oxygen atoms in total. The van der Waals surface area contributed by atoms with E-state index in [1.165, 1.54) is 4.88 Å². The van der Waals surface area contributed by atoms with Crippen molar-refractivity contribution in [3.8, 4) is 10.4 Å². The smallest absolute Gasteiger partial charge is 0.225 e. The van der Waals surface area contributed by atoms with E-state index in [0.717, 1.165) is 37.8 Å². The molecular formula is C12H13N3OS. The van der Waals surface area contributed by atoms with Gasteiger partial charge in [0, 0.05) is 35.9 Å². The topological polar surface area (TPSA) is 38.2 Å². The van der Waals surface area contributed by atoms with E-state index in [0.29, 0.717) is 0 Å². The van der Waals surface area contributed by atoms with Crippen molar-refractivity contribution >= 4 is 17.3 Å². The third-order valence-electron chi connectivity index (χ3n) is 2.74. The normalized spacial score (nSPS) is 16.1. The van der Waals surface area contributed by atoms with Crippen molar-refractivity contribution in [1.29, 1.82) is 0 Å². The SMILES string of the molecule is c1csc(-c2cnc(N3CCOCC3)nc2)c1. The Balaban J connectivity index is 1.80. The zero-order valence-corrected chi connectivity index (χ0v) is 10.2. The summed E-state index contributed by atoms with van der Waals surface area (Å²) < 4.78 is 5.31. The highest BCUT2D eigenvalue weighted by molar-refractivity contribution is 7.13. The molecule has 0 bridgehead atoms. The fourth-order valence-corrected chi connectivity index (χ4v) is 2.52. The zero-order chi connectivity index (χ0) is 11.5. The van der Waals surface area contributed by atoms with Crippen LogP contribution in [-0.4, -0.2) is 36.3 Å². The second kappa shape index (κ2) is 4.81. The first kappa shape index (κ1) is 10.7. The van der Waals surface area contributed by atoms with Gasteiger partial charge in [-0.3, -0.25) is 0 Å². The molecule has 0 radical (unpaired) electrons. The summed E-state index contributed by atoms with van der Waals surface area (Å²) >= 11 is 1.70. The van der Waals surface area contributed by atoms with Crippen molar-refractivity contribution in [2.45, 2.75) is 0 Å². The van der Waals surface area contributed by atoms with E-state index >= 15 is 0 Å². The summed E-state index contributed by atoms with van der Waals surface area (Å²) in [5, 5.41) is 2.06. The lowest BCUT2D eigenvalue weighted by Crippen LogP contribution is -2.37. The monoisotopic (exact) mass is 247 g/mol. The summed E-state index contributed by atoms with van der Waals surface area (Å²) in [6.45, 7) is 3.27. The molecule has 0 atom stereocenters. The van der Waals surface area contributed by atoms with E-state index in [-0.39, 0.29) is 0 Å². The number of thiophene rings is 1. The molecule has 0 saturated carbocycles. The molecule has 1 aliphatic heterocycles. The van der Waals surface area contributed by atoms with Crippen molar-refractivity contribution in [3.63, 3.8) is 0 Å². The molecule has 0 spiro atoms. The third-order valence-corrected chi connectivity index (χ3v) is 3.66. The van der Waals surface area contributed by atoms with E-state index < -0.39 is 0 Å². The Morgan fingerprint density at radius 2 is 1.94 bits per heavy atom. The first-order chi connectivity index (χ1) is 8.43. The van der Waals surface area contributed by atoms with Gasteiger partial charge in [-0.05, 0) is 11.4 Å². The van der Waals surface area contributed by atoms with Gasteiger partial charge in [-0.15, -0.1) is 11.3 Å². The van der Waals surface area contributed by atoms with Gasteiger partial charge in [0.25, 0.3) is 0 Å². The Kier molecular flexibility index (Phi) is 3.02. The van der Waals surface area contributed by atoms with Crippen LogP contribution in [0.3, 0.4) is 0 Å². The van der Waals surface area contributed by atoms with Crippen LogP contribution in [0, 0.1) is 0 Å². The van der Waals surface area contributed by atoms with E-state index in [4.69, 9.17) is 4.74 Å². The minimum atomic E-state index is 0.760. The van der Waals surface area contributed by atoms with E-state index in [2.05, 4.69) is 26.3 Å². The van der Waals surface area contributed by atoms with Crippen LogP contribution >= 0.6 is 11.3 Å². The maximum absolute atomic E-state index is 5.31. The van der Waals surface area contributed by atoms with Crippen molar-refractivity contribution < 1.29 is 4.74 Å². The molecular weight excluding hydrogens is 234 g/mol. The van der Waals surface area contributed by atoms with Gasteiger partial charge in [-0.2, -0.15) is 0 Å². The lowest BCUT2D eigenvalue weighted by Gasteiger charge is -2.26. The molecule has 1 fully saturated rings. The van der Waals surface area contributed by atoms with E-state index in [1.807, 2.05) is 18.5 Å².